The summed E-state index contributed by atoms with van der Waals surface area (Å²) < 4.78 is 5.40. The molecule has 0 unspecified atom stereocenters. The minimum Gasteiger partial charge on any atom is -0.369 e. The highest BCUT2D eigenvalue weighted by atomic mass is 16.5. The quantitative estimate of drug-likeness (QED) is 0.734. The van der Waals surface area contributed by atoms with Gasteiger partial charge in [-0.05, 0) is 45.4 Å². The van der Waals surface area contributed by atoms with Crippen LogP contribution in [0, 0.1) is 11.8 Å². The molecule has 2 saturated heterocycles. The van der Waals surface area contributed by atoms with Crippen LogP contribution in [-0.2, 0) is 14.3 Å². The topological polar surface area (TPSA) is 49.9 Å². The SMILES string of the molecule is CO[C@H]1C(=O)N(C(C)C)[C@H]1C1CCN(C(=O)C2CC2)CC1. The first-order chi connectivity index (χ1) is 10.0. The van der Waals surface area contributed by atoms with Crippen molar-refractivity contribution in [2.75, 3.05) is 20.2 Å². The second-order valence-corrected chi connectivity index (χ2v) is 6.92. The van der Waals surface area contributed by atoms with Gasteiger partial charge in [0.05, 0.1) is 6.04 Å². The molecule has 3 fully saturated rings. The van der Waals surface area contributed by atoms with Crippen LogP contribution in [0.3, 0.4) is 0 Å². The lowest BCUT2D eigenvalue weighted by Gasteiger charge is -2.53. The van der Waals surface area contributed by atoms with Crippen molar-refractivity contribution < 1.29 is 14.3 Å². The first kappa shape index (κ1) is 14.8. The van der Waals surface area contributed by atoms with E-state index < -0.39 is 0 Å². The summed E-state index contributed by atoms with van der Waals surface area (Å²) in [6, 6.07) is 0.417. The van der Waals surface area contributed by atoms with Gasteiger partial charge in [0, 0.05) is 32.2 Å². The Labute approximate surface area is 126 Å². The molecule has 0 N–H and O–H groups in total. The first-order valence-corrected chi connectivity index (χ1v) is 8.18. The highest BCUT2D eigenvalue weighted by Crippen LogP contribution is 2.37. The van der Waals surface area contributed by atoms with Gasteiger partial charge in [-0.1, -0.05) is 0 Å². The second-order valence-electron chi connectivity index (χ2n) is 6.92. The van der Waals surface area contributed by atoms with Gasteiger partial charge in [-0.25, -0.2) is 0 Å². The third-order valence-electron chi connectivity index (χ3n) is 5.20. The Morgan fingerprint density at radius 1 is 1.19 bits per heavy atom. The zero-order chi connectivity index (χ0) is 15.1. The molecule has 2 heterocycles. The second kappa shape index (κ2) is 5.59. The van der Waals surface area contributed by atoms with Gasteiger partial charge in [-0.15, -0.1) is 0 Å². The molecule has 2 aliphatic heterocycles. The number of ether oxygens (including phenoxy) is 1. The van der Waals surface area contributed by atoms with Gasteiger partial charge in [-0.2, -0.15) is 0 Å². The zero-order valence-electron chi connectivity index (χ0n) is 13.2. The van der Waals surface area contributed by atoms with E-state index in [1.807, 2.05) is 9.80 Å². The molecule has 2 atom stereocenters. The summed E-state index contributed by atoms with van der Waals surface area (Å²) in [6.07, 6.45) is 3.84. The number of nitrogens with zero attached hydrogens (tertiary/aromatic N) is 2. The predicted octanol–water partition coefficient (Wildman–Crippen LogP) is 1.27. The molecule has 3 aliphatic rings. The maximum absolute atomic E-state index is 12.1. The minimum absolute atomic E-state index is 0.119. The van der Waals surface area contributed by atoms with Crippen molar-refractivity contribution in [1.82, 2.24) is 9.80 Å². The van der Waals surface area contributed by atoms with E-state index in [2.05, 4.69) is 13.8 Å². The van der Waals surface area contributed by atoms with Crippen LogP contribution in [0.5, 0.6) is 0 Å². The molecule has 2 amide bonds. The summed E-state index contributed by atoms with van der Waals surface area (Å²) in [5.41, 5.74) is 0. The highest BCUT2D eigenvalue weighted by molar-refractivity contribution is 5.89. The molecule has 1 saturated carbocycles. The molecule has 5 heteroatoms. The molecule has 3 rings (SSSR count). The Balaban J connectivity index is 1.60. The Morgan fingerprint density at radius 3 is 2.29 bits per heavy atom. The molecule has 0 aromatic rings. The Kier molecular flexibility index (Phi) is 3.95. The lowest BCUT2D eigenvalue weighted by molar-refractivity contribution is -0.182. The molecule has 5 nitrogen and oxygen atoms in total. The number of hydrogen-bond acceptors (Lipinski definition) is 3. The fourth-order valence-electron chi connectivity index (χ4n) is 3.87. The number of β-lactam (4-membered cyclic amide) rings is 1. The monoisotopic (exact) mass is 294 g/mol. The van der Waals surface area contributed by atoms with Crippen molar-refractivity contribution in [2.45, 2.75) is 57.7 Å². The zero-order valence-corrected chi connectivity index (χ0v) is 13.2. The van der Waals surface area contributed by atoms with E-state index >= 15 is 0 Å². The van der Waals surface area contributed by atoms with E-state index in [4.69, 9.17) is 4.74 Å². The van der Waals surface area contributed by atoms with E-state index in [-0.39, 0.29) is 24.1 Å². The van der Waals surface area contributed by atoms with Gasteiger partial charge < -0.3 is 14.5 Å². The van der Waals surface area contributed by atoms with Gasteiger partial charge >= 0.3 is 0 Å². The van der Waals surface area contributed by atoms with Gasteiger partial charge in [0.15, 0.2) is 6.10 Å². The van der Waals surface area contributed by atoms with Gasteiger partial charge in [-0.3, -0.25) is 9.59 Å². The highest BCUT2D eigenvalue weighted by Gasteiger charge is 2.52. The maximum Gasteiger partial charge on any atom is 0.254 e. The molecule has 0 bridgehead atoms. The van der Waals surface area contributed by atoms with E-state index in [0.29, 0.717) is 17.7 Å². The smallest absolute Gasteiger partial charge is 0.254 e. The molecule has 0 spiro atoms. The molecule has 0 aromatic carbocycles. The fraction of sp³-hybridized carbons (Fsp3) is 0.875. The normalized spacial score (nSPS) is 30.8. The number of methoxy groups -OCH3 is 1. The predicted molar refractivity (Wildman–Crippen MR) is 78.6 cm³/mol. The summed E-state index contributed by atoms with van der Waals surface area (Å²) in [7, 11) is 1.62. The third kappa shape index (κ3) is 2.56. The summed E-state index contributed by atoms with van der Waals surface area (Å²) in [6.45, 7) is 5.80. The van der Waals surface area contributed by atoms with E-state index in [1.54, 1.807) is 7.11 Å². The Morgan fingerprint density at radius 2 is 1.81 bits per heavy atom. The van der Waals surface area contributed by atoms with Crippen molar-refractivity contribution in [3.63, 3.8) is 0 Å². The van der Waals surface area contributed by atoms with Crippen molar-refractivity contribution in [3.05, 3.63) is 0 Å². The molecule has 0 aromatic heterocycles. The average Bonchev–Trinajstić information content (AvgIpc) is 3.29. The van der Waals surface area contributed by atoms with Gasteiger partial charge in [0.2, 0.25) is 5.91 Å². The fourth-order valence-corrected chi connectivity index (χ4v) is 3.87. The Hall–Kier alpha value is -1.10. The lowest BCUT2D eigenvalue weighted by atomic mass is 9.79. The van der Waals surface area contributed by atoms with Crippen LogP contribution in [0.15, 0.2) is 0 Å². The van der Waals surface area contributed by atoms with Crippen LogP contribution in [0.1, 0.15) is 39.5 Å². The number of amides is 2. The standard InChI is InChI=1S/C16H26N2O3/c1-10(2)18-13(14(21-3)16(18)20)11-6-8-17(9-7-11)15(19)12-4-5-12/h10-14H,4-9H2,1-3H3/t13-,14+/m0/s1. The number of hydrogen-bond donors (Lipinski definition) is 0. The van der Waals surface area contributed by atoms with E-state index in [0.717, 1.165) is 38.8 Å². The number of piperidine rings is 1. The summed E-state index contributed by atoms with van der Waals surface area (Å²) >= 11 is 0. The average molecular weight is 294 g/mol. The first-order valence-electron chi connectivity index (χ1n) is 8.18. The molecular formula is C16H26N2O3. The largest absolute Gasteiger partial charge is 0.369 e. The summed E-state index contributed by atoms with van der Waals surface area (Å²) in [5.74, 6) is 1.24. The maximum atomic E-state index is 12.1. The summed E-state index contributed by atoms with van der Waals surface area (Å²) in [4.78, 5) is 28.2. The van der Waals surface area contributed by atoms with Crippen LogP contribution in [-0.4, -0.2) is 60.0 Å². The van der Waals surface area contributed by atoms with Crippen molar-refractivity contribution in [3.8, 4) is 0 Å². The summed E-state index contributed by atoms with van der Waals surface area (Å²) in [5, 5.41) is 0. The molecule has 118 valence electrons. The third-order valence-corrected chi connectivity index (χ3v) is 5.20. The van der Waals surface area contributed by atoms with E-state index in [9.17, 15) is 9.59 Å². The number of rotatable bonds is 4. The number of carbonyl (C=O) groups excluding carboxylic acids is 2. The van der Waals surface area contributed by atoms with Crippen LogP contribution in [0.2, 0.25) is 0 Å². The van der Waals surface area contributed by atoms with Crippen LogP contribution in [0.25, 0.3) is 0 Å². The lowest BCUT2D eigenvalue weighted by Crippen LogP contribution is -2.70. The number of likely N-dealkylation sites (tertiary alicyclic amines) is 2. The minimum atomic E-state index is -0.275. The molecular weight excluding hydrogens is 268 g/mol. The van der Waals surface area contributed by atoms with Gasteiger partial charge in [0.1, 0.15) is 0 Å². The van der Waals surface area contributed by atoms with Gasteiger partial charge in [0.25, 0.3) is 5.91 Å². The van der Waals surface area contributed by atoms with Crippen molar-refractivity contribution >= 4 is 11.8 Å². The Bertz CT molecular complexity index is 425. The van der Waals surface area contributed by atoms with Crippen LogP contribution >= 0.6 is 0 Å². The van der Waals surface area contributed by atoms with E-state index in [1.165, 1.54) is 0 Å². The number of carbonyl (C=O) groups is 2. The van der Waals surface area contributed by atoms with Crippen molar-refractivity contribution in [1.29, 1.82) is 0 Å². The molecule has 0 radical (unpaired) electrons. The van der Waals surface area contributed by atoms with Crippen LogP contribution < -0.4 is 0 Å². The molecule has 21 heavy (non-hydrogen) atoms. The molecule has 1 aliphatic carbocycles. The van der Waals surface area contributed by atoms with Crippen molar-refractivity contribution in [2.24, 2.45) is 11.8 Å². The van der Waals surface area contributed by atoms with Crippen LogP contribution in [0.4, 0.5) is 0 Å².